The van der Waals surface area contributed by atoms with Gasteiger partial charge in [-0.1, -0.05) is 17.7 Å². The molecule has 2 rings (SSSR count). The Hall–Kier alpha value is -2.73. The summed E-state index contributed by atoms with van der Waals surface area (Å²) in [5.74, 6) is 0.290. The van der Waals surface area contributed by atoms with E-state index in [1.54, 1.807) is 54.5 Å². The van der Waals surface area contributed by atoms with Gasteiger partial charge < -0.3 is 20.3 Å². The Kier molecular flexibility index (Phi) is 7.49. The summed E-state index contributed by atoms with van der Waals surface area (Å²) >= 11 is 6.07. The Labute approximate surface area is 164 Å². The number of carbonyl (C=O) groups excluding carboxylic acids is 2. The summed E-state index contributed by atoms with van der Waals surface area (Å²) in [6, 6.07) is 12.1. The van der Waals surface area contributed by atoms with Gasteiger partial charge in [0, 0.05) is 30.0 Å². The van der Waals surface area contributed by atoms with Crippen molar-refractivity contribution in [2.75, 3.05) is 37.4 Å². The molecule has 2 amide bonds. The lowest BCUT2D eigenvalue weighted by Gasteiger charge is -2.19. The lowest BCUT2D eigenvalue weighted by atomic mass is 10.1. The number of nitrogens with zero attached hydrogens (tertiary/aromatic N) is 1. The van der Waals surface area contributed by atoms with Crippen molar-refractivity contribution in [2.24, 2.45) is 0 Å². The van der Waals surface area contributed by atoms with Crippen molar-refractivity contribution in [1.82, 2.24) is 4.90 Å². The van der Waals surface area contributed by atoms with E-state index in [4.69, 9.17) is 16.3 Å². The van der Waals surface area contributed by atoms with Crippen LogP contribution in [0.25, 0.3) is 0 Å². The Morgan fingerprint density at radius 3 is 2.44 bits per heavy atom. The molecule has 0 fully saturated rings. The number of hydrogen-bond acceptors (Lipinski definition) is 4. The molecule has 0 saturated carbocycles. The second-order valence-electron chi connectivity index (χ2n) is 5.81. The van der Waals surface area contributed by atoms with Crippen molar-refractivity contribution < 1.29 is 14.3 Å². The van der Waals surface area contributed by atoms with E-state index < -0.39 is 0 Å². The summed E-state index contributed by atoms with van der Waals surface area (Å²) in [4.78, 5) is 26.3. The molecule has 0 aliphatic carbocycles. The molecule has 0 radical (unpaired) electrons. The van der Waals surface area contributed by atoms with Gasteiger partial charge in [0.15, 0.2) is 0 Å². The first-order valence-electron chi connectivity index (χ1n) is 8.75. The molecule has 7 heteroatoms. The number of nitrogens with one attached hydrogen (secondary N) is 2. The maximum absolute atomic E-state index is 12.4. The molecule has 0 aliphatic rings. The quantitative estimate of drug-likeness (QED) is 0.718. The van der Waals surface area contributed by atoms with Crippen LogP contribution in [0, 0.1) is 0 Å². The van der Waals surface area contributed by atoms with Crippen LogP contribution in [0.5, 0.6) is 5.75 Å². The zero-order valence-corrected chi connectivity index (χ0v) is 16.5. The van der Waals surface area contributed by atoms with Gasteiger partial charge in [0.2, 0.25) is 5.91 Å². The average Bonchev–Trinajstić information content (AvgIpc) is 2.67. The molecule has 0 unspecified atom stereocenters. The number of benzene rings is 2. The van der Waals surface area contributed by atoms with E-state index >= 15 is 0 Å². The minimum atomic E-state index is -0.227. The zero-order valence-electron chi connectivity index (χ0n) is 15.7. The Morgan fingerprint density at radius 2 is 1.81 bits per heavy atom. The molecular formula is C20H24ClN3O3. The van der Waals surface area contributed by atoms with Crippen molar-refractivity contribution >= 4 is 34.8 Å². The van der Waals surface area contributed by atoms with E-state index in [1.807, 2.05) is 13.8 Å². The number of ether oxygens (including phenoxy) is 1. The molecule has 27 heavy (non-hydrogen) atoms. The highest BCUT2D eigenvalue weighted by atomic mass is 35.5. The summed E-state index contributed by atoms with van der Waals surface area (Å²) < 4.78 is 5.10. The average molecular weight is 390 g/mol. The number of amides is 2. The van der Waals surface area contributed by atoms with Crippen LogP contribution in [0.15, 0.2) is 42.5 Å². The van der Waals surface area contributed by atoms with Gasteiger partial charge in [-0.25, -0.2) is 0 Å². The molecule has 0 aromatic heterocycles. The fourth-order valence-corrected chi connectivity index (χ4v) is 2.84. The molecule has 0 heterocycles. The van der Waals surface area contributed by atoms with Crippen molar-refractivity contribution in [3.63, 3.8) is 0 Å². The predicted octanol–water partition coefficient (Wildman–Crippen LogP) is 3.88. The maximum atomic E-state index is 12.4. The van der Waals surface area contributed by atoms with Gasteiger partial charge in [-0.15, -0.1) is 0 Å². The van der Waals surface area contributed by atoms with E-state index in [9.17, 15) is 9.59 Å². The smallest absolute Gasteiger partial charge is 0.253 e. The number of carbonyl (C=O) groups is 2. The van der Waals surface area contributed by atoms with Gasteiger partial charge in [-0.05, 0) is 50.2 Å². The Balaban J connectivity index is 1.97. The highest BCUT2D eigenvalue weighted by Gasteiger charge is 2.13. The second-order valence-corrected chi connectivity index (χ2v) is 6.22. The maximum Gasteiger partial charge on any atom is 0.253 e. The largest absolute Gasteiger partial charge is 0.495 e. The van der Waals surface area contributed by atoms with E-state index in [0.29, 0.717) is 40.8 Å². The molecule has 2 N–H and O–H groups in total. The Bertz CT molecular complexity index is 807. The standard InChI is InChI=1S/C20H24ClN3O3/c1-4-24(5-2)20(26)14-7-6-8-16(11-14)23-19(25)13-22-15-9-10-18(27-3)17(21)12-15/h6-12,22H,4-5,13H2,1-3H3,(H,23,25). The summed E-state index contributed by atoms with van der Waals surface area (Å²) in [6.07, 6.45) is 0. The molecule has 0 atom stereocenters. The highest BCUT2D eigenvalue weighted by molar-refractivity contribution is 6.32. The zero-order chi connectivity index (χ0) is 19.8. The number of methoxy groups -OCH3 is 1. The summed E-state index contributed by atoms with van der Waals surface area (Å²) in [5, 5.41) is 6.26. The molecule has 2 aromatic carbocycles. The molecule has 0 spiro atoms. The van der Waals surface area contributed by atoms with Crippen LogP contribution >= 0.6 is 11.6 Å². The normalized spacial score (nSPS) is 10.2. The van der Waals surface area contributed by atoms with E-state index in [-0.39, 0.29) is 18.4 Å². The third-order valence-electron chi connectivity index (χ3n) is 4.05. The monoisotopic (exact) mass is 389 g/mol. The molecule has 144 valence electrons. The third-order valence-corrected chi connectivity index (χ3v) is 4.34. The second kappa shape index (κ2) is 9.83. The number of hydrogen-bond donors (Lipinski definition) is 2. The van der Waals surface area contributed by atoms with Gasteiger partial charge >= 0.3 is 0 Å². The van der Waals surface area contributed by atoms with Crippen LogP contribution in [-0.2, 0) is 4.79 Å². The first kappa shape index (κ1) is 20.6. The lowest BCUT2D eigenvalue weighted by Crippen LogP contribution is -2.30. The highest BCUT2D eigenvalue weighted by Crippen LogP contribution is 2.27. The first-order valence-corrected chi connectivity index (χ1v) is 9.12. The lowest BCUT2D eigenvalue weighted by molar-refractivity contribution is -0.114. The van der Waals surface area contributed by atoms with E-state index in [1.165, 1.54) is 0 Å². The van der Waals surface area contributed by atoms with Crippen LogP contribution in [0.2, 0.25) is 5.02 Å². The van der Waals surface area contributed by atoms with Crippen LogP contribution < -0.4 is 15.4 Å². The van der Waals surface area contributed by atoms with Crippen molar-refractivity contribution in [3.05, 3.63) is 53.1 Å². The predicted molar refractivity (Wildman–Crippen MR) is 109 cm³/mol. The number of rotatable bonds is 8. The van der Waals surface area contributed by atoms with Crippen molar-refractivity contribution in [1.29, 1.82) is 0 Å². The van der Waals surface area contributed by atoms with Crippen LogP contribution in [-0.4, -0.2) is 43.5 Å². The summed E-state index contributed by atoms with van der Waals surface area (Å²) in [7, 11) is 1.54. The fourth-order valence-electron chi connectivity index (χ4n) is 2.59. The van der Waals surface area contributed by atoms with E-state index in [0.717, 1.165) is 0 Å². The number of anilines is 2. The van der Waals surface area contributed by atoms with Gasteiger partial charge in [0.05, 0.1) is 18.7 Å². The molecule has 0 aliphatic heterocycles. The minimum Gasteiger partial charge on any atom is -0.495 e. The first-order chi connectivity index (χ1) is 13.0. The molecule has 0 bridgehead atoms. The van der Waals surface area contributed by atoms with E-state index in [2.05, 4.69) is 10.6 Å². The van der Waals surface area contributed by atoms with Gasteiger partial charge in [-0.3, -0.25) is 9.59 Å². The Morgan fingerprint density at radius 1 is 1.07 bits per heavy atom. The minimum absolute atomic E-state index is 0.0536. The summed E-state index contributed by atoms with van der Waals surface area (Å²) in [6.45, 7) is 5.21. The number of halogens is 1. The fraction of sp³-hybridized carbons (Fsp3) is 0.300. The molecular weight excluding hydrogens is 366 g/mol. The van der Waals surface area contributed by atoms with Crippen LogP contribution in [0.3, 0.4) is 0 Å². The van der Waals surface area contributed by atoms with Crippen LogP contribution in [0.1, 0.15) is 24.2 Å². The summed E-state index contributed by atoms with van der Waals surface area (Å²) in [5.41, 5.74) is 1.83. The topological polar surface area (TPSA) is 70.7 Å². The van der Waals surface area contributed by atoms with Crippen LogP contribution in [0.4, 0.5) is 11.4 Å². The third kappa shape index (κ3) is 5.62. The van der Waals surface area contributed by atoms with Gasteiger partial charge in [0.1, 0.15) is 5.75 Å². The van der Waals surface area contributed by atoms with Crippen molar-refractivity contribution in [3.8, 4) is 5.75 Å². The van der Waals surface area contributed by atoms with Gasteiger partial charge in [-0.2, -0.15) is 0 Å². The molecule has 0 saturated heterocycles. The van der Waals surface area contributed by atoms with Crippen molar-refractivity contribution in [2.45, 2.75) is 13.8 Å². The SMILES string of the molecule is CCN(CC)C(=O)c1cccc(NC(=O)CNc2ccc(OC)c(Cl)c2)c1. The van der Waals surface area contributed by atoms with Gasteiger partial charge in [0.25, 0.3) is 5.91 Å². The molecule has 2 aromatic rings. The molecule has 6 nitrogen and oxygen atoms in total.